The van der Waals surface area contributed by atoms with Gasteiger partial charge in [0.2, 0.25) is 5.91 Å². The minimum atomic E-state index is -0.640. The Morgan fingerprint density at radius 2 is 1.41 bits per heavy atom. The van der Waals surface area contributed by atoms with Gasteiger partial charge in [-0.05, 0) is 54.7 Å². The standard InChI is InChI=1S/C26H32N2O6/c1-4-16-33-26(32)20-10-12-21(13-11-20)27-22(29)14-15-24(31)34-17-23(30)28-25-18(5-2)8-7-9-19(25)6-3/h7-13H,4-6,14-17H2,1-3H3,(H,27,29)(H,28,30). The molecule has 0 saturated carbocycles. The SMILES string of the molecule is CCCOC(=O)c1ccc(NC(=O)CCC(=O)OCC(=O)Nc2c(CC)cccc2CC)cc1. The van der Waals surface area contributed by atoms with Crippen LogP contribution < -0.4 is 10.6 Å². The van der Waals surface area contributed by atoms with E-state index < -0.39 is 24.5 Å². The molecule has 2 aromatic rings. The third kappa shape index (κ3) is 8.35. The van der Waals surface area contributed by atoms with Crippen LogP contribution in [-0.4, -0.2) is 37.0 Å². The van der Waals surface area contributed by atoms with E-state index in [9.17, 15) is 19.2 Å². The highest BCUT2D eigenvalue weighted by molar-refractivity contribution is 5.96. The largest absolute Gasteiger partial charge is 0.462 e. The number of para-hydroxylation sites is 1. The highest BCUT2D eigenvalue weighted by Gasteiger charge is 2.14. The van der Waals surface area contributed by atoms with Crippen LogP contribution in [0.1, 0.15) is 61.5 Å². The summed E-state index contributed by atoms with van der Waals surface area (Å²) in [6.07, 6.45) is 2.01. The fraction of sp³-hybridized carbons (Fsp3) is 0.385. The summed E-state index contributed by atoms with van der Waals surface area (Å²) >= 11 is 0. The predicted molar refractivity (Wildman–Crippen MR) is 130 cm³/mol. The lowest BCUT2D eigenvalue weighted by molar-refractivity contribution is -0.147. The Labute approximate surface area is 200 Å². The van der Waals surface area contributed by atoms with E-state index in [1.54, 1.807) is 24.3 Å². The van der Waals surface area contributed by atoms with Gasteiger partial charge in [0.1, 0.15) is 0 Å². The molecule has 0 aliphatic carbocycles. The number of carbonyl (C=O) groups excluding carboxylic acids is 4. The lowest BCUT2D eigenvalue weighted by atomic mass is 10.0. The van der Waals surface area contributed by atoms with Crippen molar-refractivity contribution in [2.75, 3.05) is 23.8 Å². The Balaban J connectivity index is 1.75. The molecule has 2 amide bonds. The van der Waals surface area contributed by atoms with Crippen molar-refractivity contribution >= 4 is 35.1 Å². The molecule has 8 nitrogen and oxygen atoms in total. The van der Waals surface area contributed by atoms with Gasteiger partial charge >= 0.3 is 11.9 Å². The maximum atomic E-state index is 12.3. The van der Waals surface area contributed by atoms with Crippen LogP contribution in [0, 0.1) is 0 Å². The van der Waals surface area contributed by atoms with Crippen LogP contribution in [0.4, 0.5) is 11.4 Å². The third-order valence-electron chi connectivity index (χ3n) is 5.03. The Bertz CT molecular complexity index is 979. The number of hydrogen-bond donors (Lipinski definition) is 2. The molecule has 0 unspecified atom stereocenters. The first-order chi connectivity index (χ1) is 16.4. The summed E-state index contributed by atoms with van der Waals surface area (Å²) in [5.74, 6) is -1.87. The molecule has 0 heterocycles. The van der Waals surface area contributed by atoms with Gasteiger partial charge in [-0.25, -0.2) is 4.79 Å². The van der Waals surface area contributed by atoms with Crippen molar-refractivity contribution in [3.63, 3.8) is 0 Å². The van der Waals surface area contributed by atoms with E-state index >= 15 is 0 Å². The van der Waals surface area contributed by atoms with Gasteiger partial charge in [-0.2, -0.15) is 0 Å². The second kappa shape index (κ2) is 13.8. The summed E-state index contributed by atoms with van der Waals surface area (Å²) in [6, 6.07) is 12.1. The lowest BCUT2D eigenvalue weighted by Crippen LogP contribution is -2.23. The molecule has 0 aliphatic rings. The van der Waals surface area contributed by atoms with Gasteiger partial charge in [0.15, 0.2) is 6.61 Å². The van der Waals surface area contributed by atoms with E-state index in [1.165, 1.54) is 0 Å². The van der Waals surface area contributed by atoms with Crippen molar-refractivity contribution in [1.82, 2.24) is 0 Å². The summed E-state index contributed by atoms with van der Waals surface area (Å²) in [5, 5.41) is 5.48. The number of anilines is 2. The van der Waals surface area contributed by atoms with Crippen LogP contribution in [0.5, 0.6) is 0 Å². The Hall–Kier alpha value is -3.68. The summed E-state index contributed by atoms with van der Waals surface area (Å²) in [4.78, 5) is 48.1. The zero-order valence-corrected chi connectivity index (χ0v) is 19.9. The molecule has 0 saturated heterocycles. The molecule has 2 rings (SSSR count). The molecule has 2 aromatic carbocycles. The molecule has 8 heteroatoms. The summed E-state index contributed by atoms with van der Waals surface area (Å²) in [6.45, 7) is 5.85. The monoisotopic (exact) mass is 468 g/mol. The number of carbonyl (C=O) groups is 4. The van der Waals surface area contributed by atoms with Gasteiger partial charge in [-0.15, -0.1) is 0 Å². The molecule has 34 heavy (non-hydrogen) atoms. The minimum Gasteiger partial charge on any atom is -0.462 e. The Kier molecular flexibility index (Phi) is 10.8. The molecule has 0 aromatic heterocycles. The second-order valence-corrected chi connectivity index (χ2v) is 7.63. The zero-order valence-electron chi connectivity index (χ0n) is 19.9. The maximum Gasteiger partial charge on any atom is 0.338 e. The van der Waals surface area contributed by atoms with Crippen molar-refractivity contribution in [2.45, 2.75) is 52.9 Å². The van der Waals surface area contributed by atoms with Gasteiger partial charge in [0, 0.05) is 17.8 Å². The average molecular weight is 469 g/mol. The van der Waals surface area contributed by atoms with Crippen molar-refractivity contribution < 1.29 is 28.7 Å². The van der Waals surface area contributed by atoms with Gasteiger partial charge < -0.3 is 20.1 Å². The van der Waals surface area contributed by atoms with E-state index in [4.69, 9.17) is 9.47 Å². The maximum absolute atomic E-state index is 12.3. The Morgan fingerprint density at radius 3 is 2.00 bits per heavy atom. The summed E-state index contributed by atoms with van der Waals surface area (Å²) in [5.41, 5.74) is 3.67. The van der Waals surface area contributed by atoms with Crippen LogP contribution in [0.3, 0.4) is 0 Å². The molecular formula is C26H32N2O6. The van der Waals surface area contributed by atoms with E-state index in [0.717, 1.165) is 36.1 Å². The third-order valence-corrected chi connectivity index (χ3v) is 5.03. The van der Waals surface area contributed by atoms with E-state index in [1.807, 2.05) is 39.0 Å². The number of ether oxygens (including phenoxy) is 2. The molecule has 0 bridgehead atoms. The van der Waals surface area contributed by atoms with Gasteiger partial charge in [-0.3, -0.25) is 14.4 Å². The predicted octanol–water partition coefficient (Wildman–Crippen LogP) is 4.28. The molecular weight excluding hydrogens is 436 g/mol. The molecule has 0 atom stereocenters. The molecule has 2 N–H and O–H groups in total. The number of aryl methyl sites for hydroxylation is 2. The highest BCUT2D eigenvalue weighted by Crippen LogP contribution is 2.22. The van der Waals surface area contributed by atoms with E-state index in [-0.39, 0.29) is 18.7 Å². The van der Waals surface area contributed by atoms with Crippen molar-refractivity contribution in [2.24, 2.45) is 0 Å². The van der Waals surface area contributed by atoms with Crippen LogP contribution in [0.25, 0.3) is 0 Å². The molecule has 0 fully saturated rings. The molecule has 182 valence electrons. The fourth-order valence-corrected chi connectivity index (χ4v) is 3.20. The van der Waals surface area contributed by atoms with Gasteiger partial charge in [-0.1, -0.05) is 39.0 Å². The molecule has 0 aliphatic heterocycles. The first-order valence-corrected chi connectivity index (χ1v) is 11.5. The van der Waals surface area contributed by atoms with Gasteiger partial charge in [0.25, 0.3) is 5.91 Å². The van der Waals surface area contributed by atoms with Crippen LogP contribution in [0.15, 0.2) is 42.5 Å². The summed E-state index contributed by atoms with van der Waals surface area (Å²) < 4.78 is 10.1. The fourth-order valence-electron chi connectivity index (χ4n) is 3.20. The second-order valence-electron chi connectivity index (χ2n) is 7.63. The first-order valence-electron chi connectivity index (χ1n) is 11.5. The van der Waals surface area contributed by atoms with Crippen molar-refractivity contribution in [3.05, 3.63) is 59.2 Å². The van der Waals surface area contributed by atoms with Gasteiger partial charge in [0.05, 0.1) is 18.6 Å². The number of amides is 2. The summed E-state index contributed by atoms with van der Waals surface area (Å²) in [7, 11) is 0. The average Bonchev–Trinajstić information content (AvgIpc) is 2.85. The molecule has 0 spiro atoms. The van der Waals surface area contributed by atoms with Crippen LogP contribution in [0.2, 0.25) is 0 Å². The normalized spacial score (nSPS) is 10.3. The van der Waals surface area contributed by atoms with Crippen molar-refractivity contribution in [3.8, 4) is 0 Å². The Morgan fingerprint density at radius 1 is 0.765 bits per heavy atom. The zero-order chi connectivity index (χ0) is 24.9. The molecule has 0 radical (unpaired) electrons. The number of esters is 2. The minimum absolute atomic E-state index is 0.0978. The van der Waals surface area contributed by atoms with E-state index in [0.29, 0.717) is 17.9 Å². The van der Waals surface area contributed by atoms with Crippen molar-refractivity contribution in [1.29, 1.82) is 0 Å². The number of rotatable bonds is 12. The van der Waals surface area contributed by atoms with Crippen LogP contribution in [-0.2, 0) is 36.7 Å². The highest BCUT2D eigenvalue weighted by atomic mass is 16.5. The first kappa shape index (κ1) is 26.6. The number of benzene rings is 2. The lowest BCUT2D eigenvalue weighted by Gasteiger charge is -2.14. The number of nitrogens with one attached hydrogen (secondary N) is 2. The van der Waals surface area contributed by atoms with E-state index in [2.05, 4.69) is 10.6 Å². The smallest absolute Gasteiger partial charge is 0.338 e. The topological polar surface area (TPSA) is 111 Å². The number of hydrogen-bond acceptors (Lipinski definition) is 6. The quantitative estimate of drug-likeness (QED) is 0.450. The van der Waals surface area contributed by atoms with Crippen LogP contribution >= 0.6 is 0 Å².